The molecular formula is C13H12BrNO4S2. The zero-order valence-corrected chi connectivity index (χ0v) is 14.0. The fourth-order valence-electron chi connectivity index (χ4n) is 1.69. The summed E-state index contributed by atoms with van der Waals surface area (Å²) in [5.74, 6) is -1.11. The molecule has 0 fully saturated rings. The average Bonchev–Trinajstić information content (AvgIpc) is 2.91. The second-order valence-corrected chi connectivity index (χ2v) is 7.60. The van der Waals surface area contributed by atoms with E-state index in [9.17, 15) is 13.2 Å². The molecule has 0 unspecified atom stereocenters. The summed E-state index contributed by atoms with van der Waals surface area (Å²) in [5.41, 5.74) is 1.10. The molecule has 0 saturated carbocycles. The maximum Gasteiger partial charge on any atom is 0.335 e. The molecule has 1 aromatic carbocycles. The van der Waals surface area contributed by atoms with Crippen LogP contribution in [0.5, 0.6) is 0 Å². The molecule has 1 aromatic heterocycles. The number of hydrogen-bond acceptors (Lipinski definition) is 4. The number of sulfonamides is 1. The topological polar surface area (TPSA) is 83.5 Å². The van der Waals surface area contributed by atoms with Crippen molar-refractivity contribution in [3.63, 3.8) is 0 Å². The van der Waals surface area contributed by atoms with Crippen molar-refractivity contribution >= 4 is 43.3 Å². The molecule has 0 aliphatic rings. The largest absolute Gasteiger partial charge is 0.478 e. The Hall–Kier alpha value is -1.22. The van der Waals surface area contributed by atoms with Crippen LogP contribution in [-0.2, 0) is 16.4 Å². The highest BCUT2D eigenvalue weighted by Gasteiger charge is 2.18. The van der Waals surface area contributed by atoms with Gasteiger partial charge in [0.05, 0.1) is 10.5 Å². The molecule has 0 aliphatic heterocycles. The minimum atomic E-state index is -3.67. The van der Waals surface area contributed by atoms with Crippen molar-refractivity contribution in [1.29, 1.82) is 0 Å². The summed E-state index contributed by atoms with van der Waals surface area (Å²) in [6.45, 7) is 0.284. The summed E-state index contributed by atoms with van der Waals surface area (Å²) in [5, 5.41) is 12.8. The lowest BCUT2D eigenvalue weighted by Gasteiger charge is -2.08. The van der Waals surface area contributed by atoms with Gasteiger partial charge in [0.15, 0.2) is 0 Å². The standard InChI is InChI=1S/C13H12BrNO4S2/c14-11-7-10(13(16)17)1-2-12(11)21(18,19)15-5-3-9-4-6-20-8-9/h1-2,4,6-8,15H,3,5H2,(H,16,17). The smallest absolute Gasteiger partial charge is 0.335 e. The van der Waals surface area contributed by atoms with Gasteiger partial charge in [0.25, 0.3) is 0 Å². The number of rotatable bonds is 6. The predicted molar refractivity (Wildman–Crippen MR) is 84.3 cm³/mol. The van der Waals surface area contributed by atoms with Crippen molar-refractivity contribution in [3.05, 3.63) is 50.6 Å². The number of carboxylic acid groups (broad SMARTS) is 1. The maximum absolute atomic E-state index is 12.2. The van der Waals surface area contributed by atoms with Crippen LogP contribution in [-0.4, -0.2) is 26.0 Å². The molecule has 0 amide bonds. The third-order valence-electron chi connectivity index (χ3n) is 2.75. The Bertz CT molecular complexity index is 742. The molecule has 0 radical (unpaired) electrons. The highest BCUT2D eigenvalue weighted by atomic mass is 79.9. The van der Waals surface area contributed by atoms with E-state index in [1.165, 1.54) is 18.2 Å². The molecule has 0 bridgehead atoms. The zero-order valence-electron chi connectivity index (χ0n) is 10.7. The van der Waals surface area contributed by atoms with Gasteiger partial charge in [0.2, 0.25) is 10.0 Å². The minimum Gasteiger partial charge on any atom is -0.478 e. The van der Waals surface area contributed by atoms with Crippen LogP contribution in [0.3, 0.4) is 0 Å². The van der Waals surface area contributed by atoms with Crippen molar-refractivity contribution in [2.24, 2.45) is 0 Å². The van der Waals surface area contributed by atoms with Gasteiger partial charge in [-0.15, -0.1) is 0 Å². The van der Waals surface area contributed by atoms with E-state index in [4.69, 9.17) is 5.11 Å². The van der Waals surface area contributed by atoms with Gasteiger partial charge in [-0.1, -0.05) is 0 Å². The Morgan fingerprint density at radius 1 is 1.33 bits per heavy atom. The number of carboxylic acids is 1. The average molecular weight is 390 g/mol. The molecule has 0 aliphatic carbocycles. The van der Waals surface area contributed by atoms with Crippen molar-refractivity contribution in [3.8, 4) is 0 Å². The first-order chi connectivity index (χ1) is 9.90. The molecular weight excluding hydrogens is 378 g/mol. The Kier molecular flexibility index (Phi) is 5.15. The van der Waals surface area contributed by atoms with Gasteiger partial charge in [-0.3, -0.25) is 0 Å². The van der Waals surface area contributed by atoms with E-state index in [-0.39, 0.29) is 21.5 Å². The number of benzene rings is 1. The highest BCUT2D eigenvalue weighted by Crippen LogP contribution is 2.23. The van der Waals surface area contributed by atoms with Gasteiger partial charge in [0.1, 0.15) is 0 Å². The highest BCUT2D eigenvalue weighted by molar-refractivity contribution is 9.10. The van der Waals surface area contributed by atoms with Crippen molar-refractivity contribution in [2.75, 3.05) is 6.54 Å². The second kappa shape index (κ2) is 6.69. The zero-order chi connectivity index (χ0) is 15.5. The molecule has 5 nitrogen and oxygen atoms in total. The van der Waals surface area contributed by atoms with Crippen molar-refractivity contribution in [2.45, 2.75) is 11.3 Å². The fourth-order valence-corrected chi connectivity index (χ4v) is 4.50. The van der Waals surface area contributed by atoms with Crippen LogP contribution in [0.1, 0.15) is 15.9 Å². The van der Waals surface area contributed by atoms with E-state index in [0.29, 0.717) is 6.42 Å². The summed E-state index contributed by atoms with van der Waals surface area (Å²) >= 11 is 4.66. The van der Waals surface area contributed by atoms with Crippen LogP contribution in [0.2, 0.25) is 0 Å². The molecule has 0 spiro atoms. The number of aromatic carboxylic acids is 1. The first-order valence-corrected chi connectivity index (χ1v) is 9.15. The van der Waals surface area contributed by atoms with Crippen LogP contribution in [0.4, 0.5) is 0 Å². The van der Waals surface area contributed by atoms with Gasteiger partial charge >= 0.3 is 5.97 Å². The third-order valence-corrected chi connectivity index (χ3v) is 5.92. The lowest BCUT2D eigenvalue weighted by atomic mass is 10.2. The number of nitrogens with one attached hydrogen (secondary N) is 1. The molecule has 2 rings (SSSR count). The molecule has 2 N–H and O–H groups in total. The summed E-state index contributed by atoms with van der Waals surface area (Å²) in [7, 11) is -3.67. The molecule has 0 atom stereocenters. The Morgan fingerprint density at radius 3 is 2.67 bits per heavy atom. The predicted octanol–water partition coefficient (Wildman–Crippen LogP) is 2.73. The first kappa shape index (κ1) is 16.2. The fraction of sp³-hybridized carbons (Fsp3) is 0.154. The molecule has 2 aromatic rings. The molecule has 0 saturated heterocycles. The van der Waals surface area contributed by atoms with Crippen LogP contribution in [0.25, 0.3) is 0 Å². The van der Waals surface area contributed by atoms with Gasteiger partial charge < -0.3 is 5.11 Å². The van der Waals surface area contributed by atoms with Crippen molar-refractivity contribution < 1.29 is 18.3 Å². The van der Waals surface area contributed by atoms with E-state index in [2.05, 4.69) is 20.7 Å². The van der Waals surface area contributed by atoms with Gasteiger partial charge in [-0.25, -0.2) is 17.9 Å². The summed E-state index contributed by atoms with van der Waals surface area (Å²) in [4.78, 5) is 10.9. The Labute approximate surface area is 134 Å². The normalized spacial score (nSPS) is 11.5. The summed E-state index contributed by atoms with van der Waals surface area (Å²) < 4.78 is 27.1. The Balaban J connectivity index is 2.10. The monoisotopic (exact) mass is 389 g/mol. The summed E-state index contributed by atoms with van der Waals surface area (Å²) in [6.07, 6.45) is 0.605. The molecule has 8 heteroatoms. The van der Waals surface area contributed by atoms with Crippen molar-refractivity contribution in [1.82, 2.24) is 4.72 Å². The lowest BCUT2D eigenvalue weighted by molar-refractivity contribution is 0.0696. The minimum absolute atomic E-state index is 0.0258. The number of hydrogen-bond donors (Lipinski definition) is 2. The van der Waals surface area contributed by atoms with Crippen LogP contribution in [0.15, 0.2) is 44.4 Å². The number of carbonyl (C=O) groups is 1. The van der Waals surface area contributed by atoms with Crippen LogP contribution in [0, 0.1) is 0 Å². The SMILES string of the molecule is O=C(O)c1ccc(S(=O)(=O)NCCc2ccsc2)c(Br)c1. The van der Waals surface area contributed by atoms with E-state index in [1.54, 1.807) is 11.3 Å². The third kappa shape index (κ3) is 4.13. The van der Waals surface area contributed by atoms with Crippen LogP contribution < -0.4 is 4.72 Å². The van der Waals surface area contributed by atoms with E-state index < -0.39 is 16.0 Å². The van der Waals surface area contributed by atoms with E-state index in [0.717, 1.165) is 5.56 Å². The summed E-state index contributed by atoms with van der Waals surface area (Å²) in [6, 6.07) is 5.76. The molecule has 112 valence electrons. The van der Waals surface area contributed by atoms with Gasteiger partial charge in [-0.05, 0) is 62.9 Å². The number of thiophene rings is 1. The van der Waals surface area contributed by atoms with Gasteiger partial charge in [-0.2, -0.15) is 11.3 Å². The first-order valence-electron chi connectivity index (χ1n) is 5.94. The number of halogens is 1. The maximum atomic E-state index is 12.2. The van der Waals surface area contributed by atoms with E-state index in [1.807, 2.05) is 16.8 Å². The molecule has 1 heterocycles. The van der Waals surface area contributed by atoms with Gasteiger partial charge in [0, 0.05) is 11.0 Å². The second-order valence-electron chi connectivity index (χ2n) is 4.23. The molecule has 21 heavy (non-hydrogen) atoms. The van der Waals surface area contributed by atoms with Crippen LogP contribution >= 0.6 is 27.3 Å². The lowest BCUT2D eigenvalue weighted by Crippen LogP contribution is -2.26. The quantitative estimate of drug-likeness (QED) is 0.795. The van der Waals surface area contributed by atoms with E-state index >= 15 is 0 Å². The Morgan fingerprint density at radius 2 is 2.10 bits per heavy atom.